The fraction of sp³-hybridized carbons (Fsp3) is 0.381. The molecule has 0 saturated carbocycles. The number of hydrogen-bond acceptors (Lipinski definition) is 6. The molecule has 3 rings (SSSR count). The quantitative estimate of drug-likeness (QED) is 0.790. The first-order chi connectivity index (χ1) is 13.6. The van der Waals surface area contributed by atoms with Crippen LogP contribution in [-0.2, 0) is 4.79 Å². The van der Waals surface area contributed by atoms with E-state index >= 15 is 0 Å². The number of ether oxygens (including phenoxy) is 3. The lowest BCUT2D eigenvalue weighted by molar-refractivity contribution is -0.129. The van der Waals surface area contributed by atoms with Crippen molar-refractivity contribution in [2.75, 3.05) is 64.3 Å². The van der Waals surface area contributed by atoms with E-state index < -0.39 is 0 Å². The molecule has 0 radical (unpaired) electrons. The Morgan fingerprint density at radius 2 is 1.57 bits per heavy atom. The van der Waals surface area contributed by atoms with Crippen molar-refractivity contribution in [3.8, 4) is 17.2 Å². The SMILES string of the molecule is COc1ccc(N2CCN(C(=O)CNc3ccc(OC)c(OC)c3)CC2)cc1. The topological polar surface area (TPSA) is 63.3 Å². The van der Waals surface area contributed by atoms with E-state index in [-0.39, 0.29) is 12.5 Å². The van der Waals surface area contributed by atoms with Gasteiger partial charge in [0, 0.05) is 43.6 Å². The van der Waals surface area contributed by atoms with Gasteiger partial charge in [0.25, 0.3) is 0 Å². The van der Waals surface area contributed by atoms with Gasteiger partial charge in [-0.2, -0.15) is 0 Å². The van der Waals surface area contributed by atoms with Crippen LogP contribution in [0.2, 0.25) is 0 Å². The number of hydrogen-bond donors (Lipinski definition) is 1. The highest BCUT2D eigenvalue weighted by Gasteiger charge is 2.21. The lowest BCUT2D eigenvalue weighted by Gasteiger charge is -2.36. The van der Waals surface area contributed by atoms with Gasteiger partial charge in [-0.1, -0.05) is 0 Å². The molecule has 0 aromatic heterocycles. The molecule has 1 N–H and O–H groups in total. The molecule has 0 aliphatic carbocycles. The second-order valence-corrected chi connectivity index (χ2v) is 6.49. The van der Waals surface area contributed by atoms with Crippen molar-refractivity contribution in [3.05, 3.63) is 42.5 Å². The minimum atomic E-state index is 0.0872. The Bertz CT molecular complexity index is 787. The van der Waals surface area contributed by atoms with E-state index in [9.17, 15) is 4.79 Å². The number of anilines is 2. The van der Waals surface area contributed by atoms with Crippen LogP contribution < -0.4 is 24.4 Å². The van der Waals surface area contributed by atoms with Crippen LogP contribution in [0.1, 0.15) is 0 Å². The molecule has 0 spiro atoms. The molecule has 7 nitrogen and oxygen atoms in total. The van der Waals surface area contributed by atoms with Gasteiger partial charge in [0.1, 0.15) is 5.75 Å². The van der Waals surface area contributed by atoms with Crippen molar-refractivity contribution >= 4 is 17.3 Å². The van der Waals surface area contributed by atoms with E-state index in [0.29, 0.717) is 24.6 Å². The first-order valence-electron chi connectivity index (χ1n) is 9.27. The normalized spacial score (nSPS) is 13.8. The van der Waals surface area contributed by atoms with Crippen LogP contribution in [0.5, 0.6) is 17.2 Å². The molecule has 2 aromatic carbocycles. The molecule has 0 atom stereocenters. The zero-order valence-electron chi connectivity index (χ0n) is 16.6. The van der Waals surface area contributed by atoms with E-state index in [2.05, 4.69) is 22.3 Å². The number of piperazine rings is 1. The van der Waals surface area contributed by atoms with Gasteiger partial charge in [0.05, 0.1) is 27.9 Å². The molecular weight excluding hydrogens is 358 g/mol. The average molecular weight is 385 g/mol. The van der Waals surface area contributed by atoms with Gasteiger partial charge in [0.2, 0.25) is 5.91 Å². The highest BCUT2D eigenvalue weighted by molar-refractivity contribution is 5.81. The molecule has 150 valence electrons. The lowest BCUT2D eigenvalue weighted by Crippen LogP contribution is -2.50. The minimum absolute atomic E-state index is 0.0872. The Hall–Kier alpha value is -3.09. The van der Waals surface area contributed by atoms with Crippen LogP contribution in [0.25, 0.3) is 0 Å². The number of nitrogens with one attached hydrogen (secondary N) is 1. The summed E-state index contributed by atoms with van der Waals surface area (Å²) in [5.41, 5.74) is 1.97. The van der Waals surface area contributed by atoms with Gasteiger partial charge in [-0.3, -0.25) is 4.79 Å². The van der Waals surface area contributed by atoms with Crippen molar-refractivity contribution in [2.45, 2.75) is 0 Å². The monoisotopic (exact) mass is 385 g/mol. The molecule has 1 amide bonds. The molecule has 2 aromatic rings. The van der Waals surface area contributed by atoms with E-state index in [0.717, 1.165) is 30.2 Å². The summed E-state index contributed by atoms with van der Waals surface area (Å²) < 4.78 is 15.7. The van der Waals surface area contributed by atoms with Gasteiger partial charge in [-0.25, -0.2) is 0 Å². The van der Waals surface area contributed by atoms with Gasteiger partial charge in [-0.05, 0) is 36.4 Å². The summed E-state index contributed by atoms with van der Waals surface area (Å²) in [7, 11) is 4.85. The number of carbonyl (C=O) groups is 1. The second kappa shape index (κ2) is 9.21. The maximum absolute atomic E-state index is 12.5. The van der Waals surface area contributed by atoms with E-state index in [1.807, 2.05) is 35.2 Å². The number of rotatable bonds is 7. The average Bonchev–Trinajstić information content (AvgIpc) is 2.77. The number of carbonyl (C=O) groups excluding carboxylic acids is 1. The molecule has 0 bridgehead atoms. The van der Waals surface area contributed by atoms with Crippen molar-refractivity contribution in [1.82, 2.24) is 4.90 Å². The first kappa shape index (κ1) is 19.7. The summed E-state index contributed by atoms with van der Waals surface area (Å²) in [5.74, 6) is 2.23. The second-order valence-electron chi connectivity index (χ2n) is 6.49. The Kier molecular flexibility index (Phi) is 6.47. The summed E-state index contributed by atoms with van der Waals surface area (Å²) >= 11 is 0. The zero-order chi connectivity index (χ0) is 19.9. The summed E-state index contributed by atoms with van der Waals surface area (Å²) in [6.07, 6.45) is 0. The molecule has 1 saturated heterocycles. The minimum Gasteiger partial charge on any atom is -0.497 e. The summed E-state index contributed by atoms with van der Waals surface area (Å²) in [4.78, 5) is 16.7. The van der Waals surface area contributed by atoms with Crippen molar-refractivity contribution in [1.29, 1.82) is 0 Å². The zero-order valence-corrected chi connectivity index (χ0v) is 16.6. The highest BCUT2D eigenvalue weighted by atomic mass is 16.5. The van der Waals surface area contributed by atoms with E-state index in [4.69, 9.17) is 14.2 Å². The standard InChI is InChI=1S/C21H27N3O4/c1-26-18-7-5-17(6-8-18)23-10-12-24(13-11-23)21(25)15-22-16-4-9-19(27-2)20(14-16)28-3/h4-9,14,22H,10-13,15H2,1-3H3. The Morgan fingerprint density at radius 1 is 0.893 bits per heavy atom. The van der Waals surface area contributed by atoms with Gasteiger partial charge < -0.3 is 29.3 Å². The molecule has 0 unspecified atom stereocenters. The fourth-order valence-corrected chi connectivity index (χ4v) is 3.24. The predicted octanol–water partition coefficient (Wildman–Crippen LogP) is 2.47. The Balaban J connectivity index is 1.49. The molecule has 1 aliphatic rings. The summed E-state index contributed by atoms with van der Waals surface area (Å²) in [6.45, 7) is 3.29. The van der Waals surface area contributed by atoms with Gasteiger partial charge >= 0.3 is 0 Å². The lowest BCUT2D eigenvalue weighted by atomic mass is 10.2. The van der Waals surface area contributed by atoms with Crippen molar-refractivity contribution in [2.24, 2.45) is 0 Å². The van der Waals surface area contributed by atoms with Crippen LogP contribution in [0.3, 0.4) is 0 Å². The molecule has 1 aliphatic heterocycles. The van der Waals surface area contributed by atoms with Crippen LogP contribution in [0.15, 0.2) is 42.5 Å². The van der Waals surface area contributed by atoms with E-state index in [1.54, 1.807) is 21.3 Å². The van der Waals surface area contributed by atoms with Crippen LogP contribution in [-0.4, -0.2) is 64.9 Å². The van der Waals surface area contributed by atoms with Gasteiger partial charge in [0.15, 0.2) is 11.5 Å². The molecule has 1 fully saturated rings. The van der Waals surface area contributed by atoms with Crippen LogP contribution in [0.4, 0.5) is 11.4 Å². The van der Waals surface area contributed by atoms with Crippen LogP contribution >= 0.6 is 0 Å². The molecule has 7 heteroatoms. The largest absolute Gasteiger partial charge is 0.497 e. The molecule has 28 heavy (non-hydrogen) atoms. The molecule has 1 heterocycles. The maximum atomic E-state index is 12.5. The number of benzene rings is 2. The van der Waals surface area contributed by atoms with Crippen molar-refractivity contribution < 1.29 is 19.0 Å². The smallest absolute Gasteiger partial charge is 0.241 e. The third-order valence-corrected chi connectivity index (χ3v) is 4.90. The van der Waals surface area contributed by atoms with Crippen molar-refractivity contribution in [3.63, 3.8) is 0 Å². The third kappa shape index (κ3) is 4.60. The third-order valence-electron chi connectivity index (χ3n) is 4.90. The maximum Gasteiger partial charge on any atom is 0.241 e. The number of amides is 1. The fourth-order valence-electron chi connectivity index (χ4n) is 3.24. The van der Waals surface area contributed by atoms with E-state index in [1.165, 1.54) is 0 Å². The van der Waals surface area contributed by atoms with Gasteiger partial charge in [-0.15, -0.1) is 0 Å². The number of methoxy groups -OCH3 is 3. The van der Waals surface area contributed by atoms with Crippen LogP contribution in [0, 0.1) is 0 Å². The Labute approximate surface area is 165 Å². The molecular formula is C21H27N3O4. The summed E-state index contributed by atoms with van der Waals surface area (Å²) in [5, 5.41) is 3.17. The first-order valence-corrected chi connectivity index (χ1v) is 9.27. The number of nitrogens with zero attached hydrogens (tertiary/aromatic N) is 2. The predicted molar refractivity (Wildman–Crippen MR) is 110 cm³/mol. The Morgan fingerprint density at radius 3 is 2.18 bits per heavy atom. The summed E-state index contributed by atoms with van der Waals surface area (Å²) in [6, 6.07) is 13.5. The highest BCUT2D eigenvalue weighted by Crippen LogP contribution is 2.29.